The van der Waals surface area contributed by atoms with Crippen molar-refractivity contribution in [3.8, 4) is 0 Å². The van der Waals surface area contributed by atoms with E-state index in [4.69, 9.17) is 11.5 Å². The van der Waals surface area contributed by atoms with Crippen molar-refractivity contribution < 1.29 is 0 Å². The summed E-state index contributed by atoms with van der Waals surface area (Å²) >= 11 is 0. The topological polar surface area (TPSA) is 76.1 Å². The molecule has 4 nitrogen and oxygen atoms in total. The van der Waals surface area contributed by atoms with Gasteiger partial charge in [-0.3, -0.25) is 0 Å². The summed E-state index contributed by atoms with van der Waals surface area (Å²) in [5, 5.41) is 7.56. The van der Waals surface area contributed by atoms with Gasteiger partial charge in [0, 0.05) is 29.7 Å². The minimum atomic E-state index is -0.272. The van der Waals surface area contributed by atoms with Crippen LogP contribution in [-0.4, -0.2) is 36.3 Å². The molecule has 0 aromatic carbocycles. The maximum absolute atomic E-state index is 7.21. The molecule has 0 saturated carbocycles. The summed E-state index contributed by atoms with van der Waals surface area (Å²) in [6, 6.07) is 1.43. The van der Waals surface area contributed by atoms with Gasteiger partial charge in [0.05, 0.1) is 0 Å². The predicted molar refractivity (Wildman–Crippen MR) is 108 cm³/mol. The highest BCUT2D eigenvalue weighted by Crippen LogP contribution is 2.30. The summed E-state index contributed by atoms with van der Waals surface area (Å²) in [5.41, 5.74) is 12.6. The highest BCUT2D eigenvalue weighted by atomic mass is 15.1. The van der Waals surface area contributed by atoms with Crippen LogP contribution in [0.25, 0.3) is 0 Å². The Labute approximate surface area is 151 Å². The number of rotatable bonds is 13. The Morgan fingerprint density at radius 1 is 0.708 bits per heavy atom. The van der Waals surface area contributed by atoms with Gasteiger partial charge in [-0.1, -0.05) is 68.2 Å². The van der Waals surface area contributed by atoms with Crippen LogP contribution >= 0.6 is 0 Å². The van der Waals surface area contributed by atoms with E-state index in [0.29, 0.717) is 23.9 Å². The Morgan fingerprint density at radius 3 is 1.42 bits per heavy atom. The lowest BCUT2D eigenvalue weighted by molar-refractivity contribution is 0.125. The van der Waals surface area contributed by atoms with Gasteiger partial charge in [-0.05, 0) is 31.2 Å². The molecule has 0 spiro atoms. The van der Waals surface area contributed by atoms with Gasteiger partial charge >= 0.3 is 0 Å². The molecule has 6 N–H and O–H groups in total. The quantitative estimate of drug-likeness (QED) is 0.388. The molecule has 0 heterocycles. The zero-order valence-corrected chi connectivity index (χ0v) is 17.7. The number of hydrogen-bond acceptors (Lipinski definition) is 4. The molecule has 0 bridgehead atoms. The Kier molecular flexibility index (Phi) is 11.4. The van der Waals surface area contributed by atoms with Gasteiger partial charge in [0.25, 0.3) is 0 Å². The molecule has 0 aliphatic rings. The van der Waals surface area contributed by atoms with E-state index in [1.165, 1.54) is 0 Å². The van der Waals surface area contributed by atoms with Crippen molar-refractivity contribution in [1.29, 1.82) is 0 Å². The van der Waals surface area contributed by atoms with Crippen LogP contribution in [-0.2, 0) is 0 Å². The highest BCUT2D eigenvalue weighted by molar-refractivity contribution is 5.07. The highest BCUT2D eigenvalue weighted by Gasteiger charge is 2.44. The molecule has 0 rings (SSSR count). The largest absolute Gasteiger partial charge is 0.330 e. The molecule has 0 amide bonds. The lowest BCUT2D eigenvalue weighted by Crippen LogP contribution is -2.71. The second-order valence-electron chi connectivity index (χ2n) is 8.80. The van der Waals surface area contributed by atoms with E-state index >= 15 is 0 Å². The first-order chi connectivity index (χ1) is 11.1. The van der Waals surface area contributed by atoms with Crippen molar-refractivity contribution >= 4 is 0 Å². The molecule has 0 aromatic rings. The fraction of sp³-hybridized carbons (Fsp3) is 1.00. The maximum atomic E-state index is 7.21. The van der Waals surface area contributed by atoms with Crippen molar-refractivity contribution in [2.75, 3.05) is 6.54 Å². The van der Waals surface area contributed by atoms with Crippen molar-refractivity contribution in [3.63, 3.8) is 0 Å². The van der Waals surface area contributed by atoms with Crippen LogP contribution in [0.15, 0.2) is 0 Å². The maximum Gasteiger partial charge on any atom is 0.0470 e. The van der Waals surface area contributed by atoms with Crippen LogP contribution in [0.3, 0.4) is 0 Å². The number of hydrogen-bond donors (Lipinski definition) is 4. The van der Waals surface area contributed by atoms with Crippen molar-refractivity contribution in [3.05, 3.63) is 0 Å². The molecule has 0 fully saturated rings. The van der Waals surface area contributed by atoms with Crippen molar-refractivity contribution in [2.24, 2.45) is 23.3 Å². The number of unbranched alkanes of at least 4 members (excludes halogenated alkanes) is 2. The Morgan fingerprint density at radius 2 is 1.12 bits per heavy atom. The molecule has 2 atom stereocenters. The van der Waals surface area contributed by atoms with Crippen LogP contribution in [0, 0.1) is 11.8 Å². The molecule has 2 unspecified atom stereocenters. The third kappa shape index (κ3) is 7.81. The zero-order chi connectivity index (χ0) is 18.9. The van der Waals surface area contributed by atoms with Gasteiger partial charge < -0.3 is 22.1 Å². The first kappa shape index (κ1) is 23.8. The molecule has 0 aliphatic heterocycles. The SMILES string of the molecule is CC(C)NC(C(C)C)C(N)(CCCCCN)C(NC(C)C)C(C)C. The van der Waals surface area contributed by atoms with Gasteiger partial charge in [-0.25, -0.2) is 0 Å². The van der Waals surface area contributed by atoms with Gasteiger partial charge in [-0.15, -0.1) is 0 Å². The number of nitrogens with one attached hydrogen (secondary N) is 2. The van der Waals surface area contributed by atoms with E-state index in [9.17, 15) is 0 Å². The fourth-order valence-electron chi connectivity index (χ4n) is 3.91. The molecule has 0 aromatic heterocycles. The van der Waals surface area contributed by atoms with Gasteiger partial charge in [0.15, 0.2) is 0 Å². The van der Waals surface area contributed by atoms with Crippen LogP contribution in [0.2, 0.25) is 0 Å². The van der Waals surface area contributed by atoms with Crippen molar-refractivity contribution in [1.82, 2.24) is 10.6 Å². The molecule has 146 valence electrons. The van der Waals surface area contributed by atoms with Crippen LogP contribution in [0.5, 0.6) is 0 Å². The lowest BCUT2D eigenvalue weighted by atomic mass is 9.71. The Balaban J connectivity index is 5.56. The third-order valence-electron chi connectivity index (χ3n) is 4.83. The summed E-state index contributed by atoms with van der Waals surface area (Å²) in [7, 11) is 0. The second-order valence-corrected chi connectivity index (χ2v) is 8.80. The van der Waals surface area contributed by atoms with E-state index in [-0.39, 0.29) is 17.6 Å². The fourth-order valence-corrected chi connectivity index (χ4v) is 3.91. The Bertz CT molecular complexity index is 291. The second kappa shape index (κ2) is 11.5. The standard InChI is InChI=1S/C20H46N4/c1-14(2)18(23-16(5)6)20(22,12-10-9-11-13-21)19(15(3)4)24-17(7)8/h14-19,23-24H,9-13,21-22H2,1-8H3. The van der Waals surface area contributed by atoms with E-state index in [1.807, 2.05) is 0 Å². The van der Waals surface area contributed by atoms with E-state index < -0.39 is 0 Å². The first-order valence-electron chi connectivity index (χ1n) is 10.1. The summed E-state index contributed by atoms with van der Waals surface area (Å²) in [5.74, 6) is 0.976. The first-order valence-corrected chi connectivity index (χ1v) is 10.1. The van der Waals surface area contributed by atoms with Crippen LogP contribution < -0.4 is 22.1 Å². The minimum Gasteiger partial charge on any atom is -0.330 e. The Hall–Kier alpha value is -0.160. The van der Waals surface area contributed by atoms with E-state index in [0.717, 1.165) is 32.2 Å². The van der Waals surface area contributed by atoms with Gasteiger partial charge in [-0.2, -0.15) is 0 Å². The van der Waals surface area contributed by atoms with Crippen LogP contribution in [0.1, 0.15) is 81.1 Å². The average molecular weight is 343 g/mol. The molecule has 0 radical (unpaired) electrons. The lowest BCUT2D eigenvalue weighted by Gasteiger charge is -2.49. The predicted octanol–water partition coefficient (Wildman–Crippen LogP) is 3.25. The molecule has 0 saturated heterocycles. The summed E-state index contributed by atoms with van der Waals surface area (Å²) in [6.07, 6.45) is 4.41. The average Bonchev–Trinajstić information content (AvgIpc) is 2.45. The zero-order valence-electron chi connectivity index (χ0n) is 17.7. The van der Waals surface area contributed by atoms with Crippen molar-refractivity contribution in [2.45, 2.75) is 111 Å². The molecule has 0 aliphatic carbocycles. The smallest absolute Gasteiger partial charge is 0.0470 e. The summed E-state index contributed by atoms with van der Waals surface area (Å²) < 4.78 is 0. The molecular formula is C20H46N4. The monoisotopic (exact) mass is 342 g/mol. The molecule has 4 heteroatoms. The normalized spacial score (nSPS) is 17.8. The van der Waals surface area contributed by atoms with Gasteiger partial charge in [0.2, 0.25) is 0 Å². The summed E-state index contributed by atoms with van der Waals surface area (Å²) in [6.45, 7) is 18.8. The third-order valence-corrected chi connectivity index (χ3v) is 4.83. The molecular weight excluding hydrogens is 296 g/mol. The summed E-state index contributed by atoms with van der Waals surface area (Å²) in [4.78, 5) is 0. The van der Waals surface area contributed by atoms with Gasteiger partial charge in [0.1, 0.15) is 0 Å². The molecule has 24 heavy (non-hydrogen) atoms. The number of nitrogens with two attached hydrogens (primary N) is 2. The minimum absolute atomic E-state index is 0.272. The van der Waals surface area contributed by atoms with Crippen LogP contribution in [0.4, 0.5) is 0 Å². The van der Waals surface area contributed by atoms with E-state index in [1.54, 1.807) is 0 Å². The van der Waals surface area contributed by atoms with E-state index in [2.05, 4.69) is 66.0 Å².